The number of halogens is 3. The summed E-state index contributed by atoms with van der Waals surface area (Å²) in [6.45, 7) is 0. The van der Waals surface area contributed by atoms with E-state index in [2.05, 4.69) is 0 Å². The molecule has 0 aromatic heterocycles. The van der Waals surface area contributed by atoms with Crippen LogP contribution >= 0.6 is 0 Å². The molecule has 2 atom stereocenters. The van der Waals surface area contributed by atoms with Gasteiger partial charge in [-0.2, -0.15) is 13.2 Å². The van der Waals surface area contributed by atoms with Crippen molar-refractivity contribution in [2.75, 3.05) is 7.11 Å². The molecule has 3 aromatic rings. The van der Waals surface area contributed by atoms with Crippen molar-refractivity contribution >= 4 is 11.8 Å². The van der Waals surface area contributed by atoms with Gasteiger partial charge in [0.15, 0.2) is 0 Å². The summed E-state index contributed by atoms with van der Waals surface area (Å²) >= 11 is 0. The molecule has 6 nitrogen and oxygen atoms in total. The molecule has 202 valence electrons. The van der Waals surface area contributed by atoms with Crippen LogP contribution < -0.4 is 0 Å². The first-order chi connectivity index (χ1) is 18.0. The van der Waals surface area contributed by atoms with Gasteiger partial charge in [-0.25, -0.2) is 4.79 Å². The number of ether oxygens (including phenoxy) is 2. The molecular formula is C29H29F3O6. The van der Waals surface area contributed by atoms with Gasteiger partial charge in [0, 0.05) is 25.5 Å². The van der Waals surface area contributed by atoms with Crippen molar-refractivity contribution < 1.29 is 42.4 Å². The number of aryl methyl sites for hydroxylation is 2. The molecule has 0 spiro atoms. The van der Waals surface area contributed by atoms with Gasteiger partial charge in [-0.1, -0.05) is 54.6 Å². The van der Waals surface area contributed by atoms with Crippen LogP contribution in [0.25, 0.3) is 0 Å². The van der Waals surface area contributed by atoms with E-state index in [-0.39, 0.29) is 36.5 Å². The number of esters is 1. The van der Waals surface area contributed by atoms with Crippen molar-refractivity contribution in [2.45, 2.75) is 50.0 Å². The van der Waals surface area contributed by atoms with E-state index in [0.29, 0.717) is 12.8 Å². The maximum atomic E-state index is 14.3. The Kier molecular flexibility index (Phi) is 9.52. The lowest BCUT2D eigenvalue weighted by Gasteiger charge is -2.33. The summed E-state index contributed by atoms with van der Waals surface area (Å²) in [5.41, 5.74) is -2.25. The summed E-state index contributed by atoms with van der Waals surface area (Å²) in [5.74, 6) is -1.80. The average Bonchev–Trinajstić information content (AvgIpc) is 2.88. The Balaban J connectivity index is 1.80. The summed E-state index contributed by atoms with van der Waals surface area (Å²) in [5, 5.41) is 18.9. The summed E-state index contributed by atoms with van der Waals surface area (Å²) in [6.07, 6.45) is -5.77. The van der Waals surface area contributed by atoms with E-state index in [4.69, 9.17) is 9.47 Å². The average molecular weight is 531 g/mol. The summed E-state index contributed by atoms with van der Waals surface area (Å²) in [7, 11) is 0.788. The van der Waals surface area contributed by atoms with E-state index < -0.39 is 29.4 Å². The third-order valence-corrected chi connectivity index (χ3v) is 6.22. The molecule has 0 amide bonds. The molecule has 9 heteroatoms. The summed E-state index contributed by atoms with van der Waals surface area (Å²) in [6, 6.07) is 19.0. The lowest BCUT2D eigenvalue weighted by molar-refractivity contribution is -0.278. The number of benzene rings is 3. The van der Waals surface area contributed by atoms with Crippen LogP contribution in [0.2, 0.25) is 0 Å². The topological polar surface area (TPSA) is 93.1 Å². The van der Waals surface area contributed by atoms with Crippen molar-refractivity contribution in [1.29, 1.82) is 0 Å². The van der Waals surface area contributed by atoms with E-state index in [1.165, 1.54) is 42.5 Å². The molecule has 0 aliphatic carbocycles. The largest absolute Gasteiger partial charge is 0.508 e. The highest BCUT2D eigenvalue weighted by Gasteiger charge is 2.64. The molecular weight excluding hydrogens is 501 g/mol. The van der Waals surface area contributed by atoms with Gasteiger partial charge in [0.25, 0.3) is 5.60 Å². The molecule has 0 saturated heterocycles. The van der Waals surface area contributed by atoms with Crippen molar-refractivity contribution in [3.8, 4) is 11.5 Å². The van der Waals surface area contributed by atoms with Crippen LogP contribution in [0, 0.1) is 0 Å². The molecule has 0 aliphatic rings. The third-order valence-electron chi connectivity index (χ3n) is 6.22. The van der Waals surface area contributed by atoms with Gasteiger partial charge in [-0.3, -0.25) is 4.79 Å². The Bertz CT molecular complexity index is 1190. The minimum absolute atomic E-state index is 0.0547. The van der Waals surface area contributed by atoms with Crippen LogP contribution in [0.15, 0.2) is 78.9 Å². The zero-order valence-electron chi connectivity index (χ0n) is 20.8. The zero-order chi connectivity index (χ0) is 27.8. The SMILES string of the molecule is CO[C@](C(=O)O[C@@H](CCc1ccc(O)cc1)CC(=O)CCc1ccc(O)cc1)(c1ccccc1)C(F)(F)F. The molecule has 0 aliphatic heterocycles. The monoisotopic (exact) mass is 530 g/mol. The standard InChI is InChI=1S/C29H29F3O6/c1-37-28(29(30,31)32,22-5-3-2-4-6-22)27(36)38-26(18-12-21-9-15-24(34)16-10-21)19-25(35)17-11-20-7-13-23(33)14-8-20/h2-10,13-16,26,33-34H,11-12,17-19H2,1H3/t26-,28-/m0/s1. The van der Waals surface area contributed by atoms with Crippen LogP contribution in [-0.2, 0) is 37.5 Å². The minimum atomic E-state index is -5.13. The van der Waals surface area contributed by atoms with Crippen molar-refractivity contribution in [3.05, 3.63) is 95.6 Å². The maximum absolute atomic E-state index is 14.3. The number of carbonyl (C=O) groups excluding carboxylic acids is 2. The Morgan fingerprint density at radius 2 is 1.34 bits per heavy atom. The molecule has 0 saturated carbocycles. The number of methoxy groups -OCH3 is 1. The molecule has 0 radical (unpaired) electrons. The smallest absolute Gasteiger partial charge is 0.432 e. The normalized spacial score (nSPS) is 13.9. The second kappa shape index (κ2) is 12.6. The van der Waals surface area contributed by atoms with Crippen molar-refractivity contribution in [3.63, 3.8) is 0 Å². The minimum Gasteiger partial charge on any atom is -0.508 e. The Hall–Kier alpha value is -3.85. The first-order valence-electron chi connectivity index (χ1n) is 12.0. The number of phenolic OH excluding ortho intramolecular Hbond substituents is 2. The van der Waals surface area contributed by atoms with Crippen LogP contribution in [0.1, 0.15) is 36.0 Å². The van der Waals surface area contributed by atoms with Crippen molar-refractivity contribution in [2.24, 2.45) is 0 Å². The quantitative estimate of drug-likeness (QED) is 0.295. The molecule has 0 bridgehead atoms. The lowest BCUT2D eigenvalue weighted by Crippen LogP contribution is -2.52. The van der Waals surface area contributed by atoms with E-state index in [1.54, 1.807) is 24.3 Å². The number of hydrogen-bond acceptors (Lipinski definition) is 6. The third kappa shape index (κ3) is 7.13. The zero-order valence-corrected chi connectivity index (χ0v) is 20.8. The highest BCUT2D eigenvalue weighted by atomic mass is 19.4. The number of Topliss-reactive ketones (excluding diaryl/α,β-unsaturated/α-hetero) is 1. The van der Waals surface area contributed by atoms with Gasteiger partial charge in [-0.15, -0.1) is 0 Å². The van der Waals surface area contributed by atoms with Crippen LogP contribution in [0.3, 0.4) is 0 Å². The number of rotatable bonds is 12. The highest BCUT2D eigenvalue weighted by Crippen LogP contribution is 2.43. The van der Waals surface area contributed by atoms with Crippen LogP contribution in [0.4, 0.5) is 13.2 Å². The fraction of sp³-hybridized carbons (Fsp3) is 0.310. The molecule has 0 unspecified atom stereocenters. The van der Waals surface area contributed by atoms with E-state index >= 15 is 0 Å². The Labute approximate surface area is 218 Å². The fourth-order valence-electron chi connectivity index (χ4n) is 4.12. The summed E-state index contributed by atoms with van der Waals surface area (Å²) in [4.78, 5) is 26.0. The van der Waals surface area contributed by atoms with Crippen molar-refractivity contribution in [1.82, 2.24) is 0 Å². The molecule has 3 rings (SSSR count). The number of ketones is 1. The Morgan fingerprint density at radius 1 is 0.816 bits per heavy atom. The van der Waals surface area contributed by atoms with E-state index in [9.17, 15) is 33.0 Å². The van der Waals surface area contributed by atoms with Gasteiger partial charge in [0.05, 0.1) is 0 Å². The first kappa shape index (κ1) is 28.7. The molecule has 0 fully saturated rings. The Morgan fingerprint density at radius 3 is 1.84 bits per heavy atom. The number of aromatic hydroxyl groups is 2. The van der Waals surface area contributed by atoms with E-state index in [0.717, 1.165) is 30.4 Å². The molecule has 2 N–H and O–H groups in total. The number of phenols is 2. The molecule has 0 heterocycles. The number of alkyl halides is 3. The molecule has 3 aromatic carbocycles. The maximum Gasteiger partial charge on any atom is 0.432 e. The van der Waals surface area contributed by atoms with Gasteiger partial charge >= 0.3 is 12.1 Å². The van der Waals surface area contributed by atoms with Gasteiger partial charge in [0.2, 0.25) is 0 Å². The highest BCUT2D eigenvalue weighted by molar-refractivity contribution is 5.84. The summed E-state index contributed by atoms with van der Waals surface area (Å²) < 4.78 is 53.1. The predicted octanol–water partition coefficient (Wildman–Crippen LogP) is 5.64. The number of hydrogen-bond donors (Lipinski definition) is 2. The van der Waals surface area contributed by atoms with Crippen LogP contribution in [-0.4, -0.2) is 41.4 Å². The van der Waals surface area contributed by atoms with E-state index in [1.807, 2.05) is 0 Å². The van der Waals surface area contributed by atoms with Gasteiger partial charge in [-0.05, 0) is 54.7 Å². The second-order valence-electron chi connectivity index (χ2n) is 8.89. The van der Waals surface area contributed by atoms with Crippen LogP contribution in [0.5, 0.6) is 11.5 Å². The predicted molar refractivity (Wildman–Crippen MR) is 134 cm³/mol. The number of carbonyl (C=O) groups is 2. The van der Waals surface area contributed by atoms with Gasteiger partial charge in [0.1, 0.15) is 23.4 Å². The fourth-order valence-corrected chi connectivity index (χ4v) is 4.12. The molecule has 38 heavy (non-hydrogen) atoms. The lowest BCUT2D eigenvalue weighted by atomic mass is 9.92. The second-order valence-corrected chi connectivity index (χ2v) is 8.89. The van der Waals surface area contributed by atoms with Gasteiger partial charge < -0.3 is 19.7 Å². The first-order valence-corrected chi connectivity index (χ1v) is 12.0.